The number of benzene rings is 2. The average Bonchev–Trinajstić information content (AvgIpc) is 3.24. The predicted octanol–water partition coefficient (Wildman–Crippen LogP) is 4.32. The molecule has 148 valence electrons. The second kappa shape index (κ2) is 7.97. The summed E-state index contributed by atoms with van der Waals surface area (Å²) in [6.07, 6.45) is 5.21. The first-order chi connectivity index (χ1) is 14.6. The molecule has 4 aromatic rings. The minimum absolute atomic E-state index is 0.354. The number of nitrogens with zero attached hydrogens (tertiary/aromatic N) is 2. The molecule has 7 nitrogen and oxygen atoms in total. The number of anilines is 2. The number of rotatable bonds is 5. The van der Waals surface area contributed by atoms with Crippen LogP contribution in [0.1, 0.15) is 16.7 Å². The van der Waals surface area contributed by atoms with Gasteiger partial charge in [-0.05, 0) is 41.8 Å². The number of hydrogen-bond acceptors (Lipinski definition) is 4. The zero-order chi connectivity index (χ0) is 21.1. The van der Waals surface area contributed by atoms with Crippen LogP contribution in [0.2, 0.25) is 0 Å². The molecule has 30 heavy (non-hydrogen) atoms. The minimum atomic E-state index is -0.564. The third-order valence-electron chi connectivity index (χ3n) is 5.06. The number of carbonyl (C=O) groups is 1. The van der Waals surface area contributed by atoms with E-state index in [4.69, 9.17) is 5.73 Å². The van der Waals surface area contributed by atoms with Crippen LogP contribution in [0, 0.1) is 18.3 Å². The van der Waals surface area contributed by atoms with E-state index in [1.54, 1.807) is 12.4 Å². The molecule has 0 spiro atoms. The number of hydrogen-bond donors (Lipinski definition) is 4. The van der Waals surface area contributed by atoms with Gasteiger partial charge < -0.3 is 21.4 Å². The molecule has 0 aliphatic carbocycles. The van der Waals surface area contributed by atoms with Crippen LogP contribution in [0.3, 0.4) is 0 Å². The van der Waals surface area contributed by atoms with Gasteiger partial charge in [-0.2, -0.15) is 5.26 Å². The molecule has 2 amide bonds. The number of aromatic amines is 1. The van der Waals surface area contributed by atoms with E-state index in [1.165, 1.54) is 0 Å². The standard InChI is InChI=1S/C23H20N6O/c1-14-18-8-9-27-21(18)7-6-20(14)29-22-17(10-24)12-26-13-19(22)16-4-2-15(3-5-16)11-28-23(25)30/h2-9,12-13,27H,11H2,1H3,(H,26,29)(H3,25,28,30). The maximum absolute atomic E-state index is 10.9. The van der Waals surface area contributed by atoms with Crippen molar-refractivity contribution in [2.75, 3.05) is 5.32 Å². The van der Waals surface area contributed by atoms with Gasteiger partial charge in [-0.3, -0.25) is 4.98 Å². The summed E-state index contributed by atoms with van der Waals surface area (Å²) in [5.74, 6) is 0. The SMILES string of the molecule is Cc1c(Nc2c(C#N)cncc2-c2ccc(CNC(N)=O)cc2)ccc2[nH]ccc12. The van der Waals surface area contributed by atoms with Gasteiger partial charge in [0.15, 0.2) is 0 Å². The number of H-pyrrole nitrogens is 1. The number of aromatic nitrogens is 2. The number of nitrogens with one attached hydrogen (secondary N) is 3. The predicted molar refractivity (Wildman–Crippen MR) is 117 cm³/mol. The van der Waals surface area contributed by atoms with Crippen molar-refractivity contribution in [3.63, 3.8) is 0 Å². The largest absolute Gasteiger partial charge is 0.361 e. The van der Waals surface area contributed by atoms with Gasteiger partial charge in [0.1, 0.15) is 6.07 Å². The van der Waals surface area contributed by atoms with Crippen molar-refractivity contribution in [3.8, 4) is 17.2 Å². The Labute approximate surface area is 173 Å². The van der Waals surface area contributed by atoms with E-state index in [0.29, 0.717) is 17.8 Å². The van der Waals surface area contributed by atoms with Crippen LogP contribution in [0.5, 0.6) is 0 Å². The Morgan fingerprint density at radius 3 is 2.70 bits per heavy atom. The van der Waals surface area contributed by atoms with Gasteiger partial charge in [0, 0.05) is 47.3 Å². The number of pyridine rings is 1. The summed E-state index contributed by atoms with van der Waals surface area (Å²) < 4.78 is 0. The summed E-state index contributed by atoms with van der Waals surface area (Å²) >= 11 is 0. The summed E-state index contributed by atoms with van der Waals surface area (Å²) in [5.41, 5.74) is 12.0. The van der Waals surface area contributed by atoms with E-state index in [9.17, 15) is 10.1 Å². The minimum Gasteiger partial charge on any atom is -0.361 e. The molecular weight excluding hydrogens is 376 g/mol. The first-order valence-electron chi connectivity index (χ1n) is 9.41. The third kappa shape index (κ3) is 3.66. The van der Waals surface area contributed by atoms with Crippen molar-refractivity contribution in [3.05, 3.63) is 77.7 Å². The molecule has 0 bridgehead atoms. The van der Waals surface area contributed by atoms with E-state index < -0.39 is 6.03 Å². The number of fused-ring (bicyclic) bond motifs is 1. The van der Waals surface area contributed by atoms with Crippen LogP contribution in [0.25, 0.3) is 22.0 Å². The fourth-order valence-electron chi connectivity index (χ4n) is 3.44. The lowest BCUT2D eigenvalue weighted by Gasteiger charge is -2.16. The van der Waals surface area contributed by atoms with Gasteiger partial charge in [0.25, 0.3) is 0 Å². The smallest absolute Gasteiger partial charge is 0.312 e. The number of nitriles is 1. The monoisotopic (exact) mass is 396 g/mol. The summed E-state index contributed by atoms with van der Waals surface area (Å²) in [6, 6.07) is 15.4. The molecule has 7 heteroatoms. The molecule has 0 saturated heterocycles. The number of nitrogens with two attached hydrogens (primary N) is 1. The molecule has 2 aromatic carbocycles. The molecule has 0 aliphatic rings. The number of primary amides is 1. The zero-order valence-electron chi connectivity index (χ0n) is 16.4. The molecule has 0 atom stereocenters. The summed E-state index contributed by atoms with van der Waals surface area (Å²) in [7, 11) is 0. The molecule has 2 heterocycles. The topological polar surface area (TPSA) is 120 Å². The number of carbonyl (C=O) groups excluding carboxylic acids is 1. The first kappa shape index (κ1) is 19.0. The van der Waals surface area contributed by atoms with Gasteiger partial charge in [-0.1, -0.05) is 24.3 Å². The highest BCUT2D eigenvalue weighted by Gasteiger charge is 2.14. The highest BCUT2D eigenvalue weighted by molar-refractivity contribution is 5.91. The summed E-state index contributed by atoms with van der Waals surface area (Å²) in [4.78, 5) is 18.4. The van der Waals surface area contributed by atoms with Crippen LogP contribution < -0.4 is 16.4 Å². The Morgan fingerprint density at radius 1 is 1.17 bits per heavy atom. The molecule has 0 radical (unpaired) electrons. The van der Waals surface area contributed by atoms with Crippen LogP contribution in [-0.2, 0) is 6.54 Å². The normalized spacial score (nSPS) is 10.5. The van der Waals surface area contributed by atoms with Gasteiger partial charge >= 0.3 is 6.03 Å². The van der Waals surface area contributed by atoms with Crippen LogP contribution in [-0.4, -0.2) is 16.0 Å². The van der Waals surface area contributed by atoms with E-state index in [1.807, 2.05) is 55.6 Å². The zero-order valence-corrected chi connectivity index (χ0v) is 16.4. The van der Waals surface area contributed by atoms with E-state index >= 15 is 0 Å². The lowest BCUT2D eigenvalue weighted by Crippen LogP contribution is -2.28. The Hall–Kier alpha value is -4.31. The lowest BCUT2D eigenvalue weighted by molar-refractivity contribution is 0.248. The molecule has 5 N–H and O–H groups in total. The second-order valence-electron chi connectivity index (χ2n) is 6.94. The third-order valence-corrected chi connectivity index (χ3v) is 5.06. The van der Waals surface area contributed by atoms with Crippen molar-refractivity contribution in [1.82, 2.24) is 15.3 Å². The molecule has 2 aromatic heterocycles. The van der Waals surface area contributed by atoms with Crippen molar-refractivity contribution >= 4 is 28.3 Å². The quantitative estimate of drug-likeness (QED) is 0.401. The highest BCUT2D eigenvalue weighted by Crippen LogP contribution is 2.35. The number of aryl methyl sites for hydroxylation is 1. The Bertz CT molecular complexity index is 1270. The van der Waals surface area contributed by atoms with Crippen LogP contribution >= 0.6 is 0 Å². The van der Waals surface area contributed by atoms with Gasteiger partial charge in [0.2, 0.25) is 0 Å². The maximum Gasteiger partial charge on any atom is 0.312 e. The van der Waals surface area contributed by atoms with Crippen LogP contribution in [0.15, 0.2) is 61.1 Å². The highest BCUT2D eigenvalue weighted by atomic mass is 16.2. The molecule has 0 saturated carbocycles. The molecular formula is C23H20N6O. The summed E-state index contributed by atoms with van der Waals surface area (Å²) in [5, 5.41) is 16.8. The Morgan fingerprint density at radius 2 is 1.97 bits per heavy atom. The fourth-order valence-corrected chi connectivity index (χ4v) is 3.44. The van der Waals surface area contributed by atoms with E-state index in [0.717, 1.165) is 38.8 Å². The second-order valence-corrected chi connectivity index (χ2v) is 6.94. The first-order valence-corrected chi connectivity index (χ1v) is 9.41. The molecule has 0 fully saturated rings. The molecule has 0 unspecified atom stereocenters. The van der Waals surface area contributed by atoms with Crippen molar-refractivity contribution in [1.29, 1.82) is 5.26 Å². The maximum atomic E-state index is 10.9. The van der Waals surface area contributed by atoms with Crippen molar-refractivity contribution < 1.29 is 4.79 Å². The number of urea groups is 1. The van der Waals surface area contributed by atoms with E-state index in [-0.39, 0.29) is 0 Å². The van der Waals surface area contributed by atoms with Gasteiger partial charge in [-0.25, -0.2) is 4.79 Å². The number of amides is 2. The Kier molecular flexibility index (Phi) is 5.06. The van der Waals surface area contributed by atoms with Crippen molar-refractivity contribution in [2.24, 2.45) is 5.73 Å². The molecule has 4 rings (SSSR count). The van der Waals surface area contributed by atoms with Gasteiger partial charge in [0.05, 0.1) is 11.3 Å². The Balaban J connectivity index is 1.72. The molecule has 0 aliphatic heterocycles. The van der Waals surface area contributed by atoms with Crippen LogP contribution in [0.4, 0.5) is 16.2 Å². The van der Waals surface area contributed by atoms with E-state index in [2.05, 4.69) is 26.7 Å². The van der Waals surface area contributed by atoms with Gasteiger partial charge in [-0.15, -0.1) is 0 Å². The average molecular weight is 396 g/mol. The van der Waals surface area contributed by atoms with Crippen molar-refractivity contribution in [2.45, 2.75) is 13.5 Å². The summed E-state index contributed by atoms with van der Waals surface area (Å²) in [6.45, 7) is 2.40. The lowest BCUT2D eigenvalue weighted by atomic mass is 10.0. The fraction of sp³-hybridized carbons (Fsp3) is 0.0870.